The Bertz CT molecular complexity index is 192. The molecule has 0 amide bonds. The molecule has 0 aromatic rings. The molecular formula is C12H23NO. The normalized spacial score (nSPS) is 20.3. The average Bonchev–Trinajstić information content (AvgIpc) is 2.63. The highest BCUT2D eigenvalue weighted by molar-refractivity contribution is 5.85. The van der Waals surface area contributed by atoms with Crippen LogP contribution in [0.15, 0.2) is 0 Å². The van der Waals surface area contributed by atoms with E-state index in [-0.39, 0.29) is 5.41 Å². The summed E-state index contributed by atoms with van der Waals surface area (Å²) in [5.74, 6) is 1.04. The van der Waals surface area contributed by atoms with Crippen LogP contribution >= 0.6 is 0 Å². The van der Waals surface area contributed by atoms with E-state index in [4.69, 9.17) is 5.73 Å². The van der Waals surface area contributed by atoms with Crippen molar-refractivity contribution in [3.05, 3.63) is 0 Å². The topological polar surface area (TPSA) is 43.1 Å². The zero-order chi connectivity index (χ0) is 10.6. The standard InChI is InChI=1S/C12H23NO/c1-10(2)5-6-11(14)12(9-13)7-3-4-8-12/h10H,3-9,13H2,1-2H3. The van der Waals surface area contributed by atoms with Crippen LogP contribution in [0.4, 0.5) is 0 Å². The van der Waals surface area contributed by atoms with Crippen molar-refractivity contribution in [2.75, 3.05) is 6.54 Å². The van der Waals surface area contributed by atoms with E-state index < -0.39 is 0 Å². The molecule has 1 saturated carbocycles. The van der Waals surface area contributed by atoms with Gasteiger partial charge >= 0.3 is 0 Å². The molecule has 0 saturated heterocycles. The van der Waals surface area contributed by atoms with Crippen LogP contribution in [0.1, 0.15) is 52.4 Å². The smallest absolute Gasteiger partial charge is 0.140 e. The van der Waals surface area contributed by atoms with Crippen LogP contribution in [-0.4, -0.2) is 12.3 Å². The van der Waals surface area contributed by atoms with Crippen LogP contribution in [-0.2, 0) is 4.79 Å². The van der Waals surface area contributed by atoms with Crippen molar-refractivity contribution in [3.63, 3.8) is 0 Å². The fourth-order valence-electron chi connectivity index (χ4n) is 2.33. The first-order valence-corrected chi connectivity index (χ1v) is 5.84. The van der Waals surface area contributed by atoms with Gasteiger partial charge in [0.05, 0.1) is 0 Å². The average molecular weight is 197 g/mol. The first kappa shape index (κ1) is 11.7. The van der Waals surface area contributed by atoms with Gasteiger partial charge in [0.1, 0.15) is 5.78 Å². The molecule has 14 heavy (non-hydrogen) atoms. The predicted molar refractivity (Wildman–Crippen MR) is 59.0 cm³/mol. The Balaban J connectivity index is 2.48. The SMILES string of the molecule is CC(C)CCC(=O)C1(CN)CCCC1. The van der Waals surface area contributed by atoms with Gasteiger partial charge in [-0.1, -0.05) is 26.7 Å². The third-order valence-corrected chi connectivity index (χ3v) is 3.49. The molecule has 82 valence electrons. The van der Waals surface area contributed by atoms with Crippen molar-refractivity contribution in [2.45, 2.75) is 52.4 Å². The van der Waals surface area contributed by atoms with Gasteiger partial charge in [-0.3, -0.25) is 4.79 Å². The molecule has 2 nitrogen and oxygen atoms in total. The maximum absolute atomic E-state index is 12.0. The molecule has 1 aliphatic carbocycles. The third kappa shape index (κ3) is 2.57. The molecule has 0 radical (unpaired) electrons. The summed E-state index contributed by atoms with van der Waals surface area (Å²) in [6.07, 6.45) is 6.17. The molecule has 2 heteroatoms. The van der Waals surface area contributed by atoms with E-state index in [2.05, 4.69) is 13.8 Å². The Morgan fingerprint density at radius 2 is 1.93 bits per heavy atom. The quantitative estimate of drug-likeness (QED) is 0.736. The first-order valence-electron chi connectivity index (χ1n) is 5.84. The summed E-state index contributed by atoms with van der Waals surface area (Å²) >= 11 is 0. The zero-order valence-corrected chi connectivity index (χ0v) is 9.51. The molecule has 0 atom stereocenters. The Morgan fingerprint density at radius 3 is 2.36 bits per heavy atom. The monoisotopic (exact) mass is 197 g/mol. The number of hydrogen-bond acceptors (Lipinski definition) is 2. The number of carbonyl (C=O) groups is 1. The van der Waals surface area contributed by atoms with Gasteiger partial charge in [0.25, 0.3) is 0 Å². The van der Waals surface area contributed by atoms with Crippen molar-refractivity contribution in [3.8, 4) is 0 Å². The molecule has 0 aromatic heterocycles. The number of carbonyl (C=O) groups excluding carboxylic acids is 1. The molecule has 1 fully saturated rings. The zero-order valence-electron chi connectivity index (χ0n) is 9.51. The van der Waals surface area contributed by atoms with Crippen molar-refractivity contribution >= 4 is 5.78 Å². The number of hydrogen-bond donors (Lipinski definition) is 1. The lowest BCUT2D eigenvalue weighted by atomic mass is 9.79. The summed E-state index contributed by atoms with van der Waals surface area (Å²) < 4.78 is 0. The predicted octanol–water partition coefficient (Wildman–Crippen LogP) is 2.51. The summed E-state index contributed by atoms with van der Waals surface area (Å²) in [5.41, 5.74) is 5.63. The first-order chi connectivity index (χ1) is 6.60. The fraction of sp³-hybridized carbons (Fsp3) is 0.917. The van der Waals surface area contributed by atoms with E-state index in [1.54, 1.807) is 0 Å². The maximum Gasteiger partial charge on any atom is 0.140 e. The van der Waals surface area contributed by atoms with E-state index in [0.717, 1.165) is 25.7 Å². The second-order valence-corrected chi connectivity index (χ2v) is 5.05. The van der Waals surface area contributed by atoms with Crippen LogP contribution in [0.3, 0.4) is 0 Å². The molecule has 0 bridgehead atoms. The number of rotatable bonds is 5. The van der Waals surface area contributed by atoms with Gasteiger partial charge in [-0.05, 0) is 25.2 Å². The second kappa shape index (κ2) is 4.92. The fourth-order valence-corrected chi connectivity index (χ4v) is 2.33. The highest BCUT2D eigenvalue weighted by Crippen LogP contribution is 2.39. The second-order valence-electron chi connectivity index (χ2n) is 5.05. The van der Waals surface area contributed by atoms with Crippen LogP contribution < -0.4 is 5.73 Å². The molecule has 0 aliphatic heterocycles. The minimum absolute atomic E-state index is 0.130. The van der Waals surface area contributed by atoms with Gasteiger partial charge < -0.3 is 5.73 Å². The lowest BCUT2D eigenvalue weighted by Crippen LogP contribution is -2.36. The molecule has 2 N–H and O–H groups in total. The van der Waals surface area contributed by atoms with Gasteiger partial charge in [0.2, 0.25) is 0 Å². The Kier molecular flexibility index (Phi) is 4.11. The number of nitrogens with two attached hydrogens (primary N) is 1. The molecule has 0 heterocycles. The Morgan fingerprint density at radius 1 is 1.36 bits per heavy atom. The van der Waals surface area contributed by atoms with Gasteiger partial charge in [0.15, 0.2) is 0 Å². The van der Waals surface area contributed by atoms with Crippen LogP contribution in [0.2, 0.25) is 0 Å². The van der Waals surface area contributed by atoms with E-state index >= 15 is 0 Å². The van der Waals surface area contributed by atoms with Crippen LogP contribution in [0, 0.1) is 11.3 Å². The molecular weight excluding hydrogens is 174 g/mol. The third-order valence-electron chi connectivity index (χ3n) is 3.49. The largest absolute Gasteiger partial charge is 0.329 e. The van der Waals surface area contributed by atoms with E-state index in [0.29, 0.717) is 18.2 Å². The highest BCUT2D eigenvalue weighted by atomic mass is 16.1. The van der Waals surface area contributed by atoms with E-state index in [1.807, 2.05) is 0 Å². The Labute approximate surface area is 87.2 Å². The number of ketones is 1. The lowest BCUT2D eigenvalue weighted by molar-refractivity contribution is -0.128. The summed E-state index contributed by atoms with van der Waals surface area (Å²) in [7, 11) is 0. The van der Waals surface area contributed by atoms with Crippen molar-refractivity contribution in [1.82, 2.24) is 0 Å². The van der Waals surface area contributed by atoms with E-state index in [9.17, 15) is 4.79 Å². The Hall–Kier alpha value is -0.370. The summed E-state index contributed by atoms with van der Waals surface area (Å²) in [6.45, 7) is 4.89. The highest BCUT2D eigenvalue weighted by Gasteiger charge is 2.38. The van der Waals surface area contributed by atoms with Gasteiger partial charge in [0, 0.05) is 18.4 Å². The van der Waals surface area contributed by atoms with Crippen molar-refractivity contribution in [1.29, 1.82) is 0 Å². The van der Waals surface area contributed by atoms with Gasteiger partial charge in [-0.15, -0.1) is 0 Å². The molecule has 0 spiro atoms. The summed E-state index contributed by atoms with van der Waals surface area (Å²) in [5, 5.41) is 0. The van der Waals surface area contributed by atoms with Gasteiger partial charge in [-0.25, -0.2) is 0 Å². The summed E-state index contributed by atoms with van der Waals surface area (Å²) in [6, 6.07) is 0. The van der Waals surface area contributed by atoms with Crippen LogP contribution in [0.5, 0.6) is 0 Å². The minimum Gasteiger partial charge on any atom is -0.329 e. The van der Waals surface area contributed by atoms with Crippen LogP contribution in [0.25, 0.3) is 0 Å². The van der Waals surface area contributed by atoms with E-state index in [1.165, 1.54) is 12.8 Å². The van der Waals surface area contributed by atoms with Crippen molar-refractivity contribution < 1.29 is 4.79 Å². The number of Topliss-reactive ketones (excluding diaryl/α,β-unsaturated/α-hetero) is 1. The molecule has 0 unspecified atom stereocenters. The van der Waals surface area contributed by atoms with Gasteiger partial charge in [-0.2, -0.15) is 0 Å². The molecule has 1 rings (SSSR count). The summed E-state index contributed by atoms with van der Waals surface area (Å²) in [4.78, 5) is 12.0. The van der Waals surface area contributed by atoms with Crippen molar-refractivity contribution in [2.24, 2.45) is 17.1 Å². The molecule has 0 aromatic carbocycles. The lowest BCUT2D eigenvalue weighted by Gasteiger charge is -2.25. The molecule has 1 aliphatic rings. The maximum atomic E-state index is 12.0. The minimum atomic E-state index is -0.130.